The first kappa shape index (κ1) is 36.2. The molecule has 7 fully saturated rings. The minimum absolute atomic E-state index is 0.101. The largest absolute Gasteiger partial charge is 0.393 e. The average molecular weight is 669 g/mol. The van der Waals surface area contributed by atoms with Crippen molar-refractivity contribution in [3.8, 4) is 0 Å². The van der Waals surface area contributed by atoms with E-state index in [-0.39, 0.29) is 24.4 Å². The van der Waals surface area contributed by atoms with E-state index in [2.05, 4.69) is 0 Å². The molecular formula is C44H76O4. The zero-order valence-electron chi connectivity index (χ0n) is 30.9. The lowest BCUT2D eigenvalue weighted by atomic mass is 9.47. The second-order valence-corrected chi connectivity index (χ2v) is 19.6. The van der Waals surface area contributed by atoms with E-state index in [1.807, 2.05) is 0 Å². The predicted molar refractivity (Wildman–Crippen MR) is 195 cm³/mol. The molecule has 4 N–H and O–H groups in total. The van der Waals surface area contributed by atoms with Gasteiger partial charge in [0.05, 0.1) is 24.4 Å². The summed E-state index contributed by atoms with van der Waals surface area (Å²) in [5.41, 5.74) is 0.389. The Bertz CT molecular complexity index is 879. The van der Waals surface area contributed by atoms with E-state index in [1.54, 1.807) is 0 Å². The normalized spacial score (nSPS) is 45.5. The van der Waals surface area contributed by atoms with Crippen LogP contribution in [0.2, 0.25) is 0 Å². The summed E-state index contributed by atoms with van der Waals surface area (Å²) in [5, 5.41) is 45.1. The van der Waals surface area contributed by atoms with Gasteiger partial charge >= 0.3 is 0 Å². The molecule has 4 nitrogen and oxygen atoms in total. The molecular weight excluding hydrogens is 592 g/mol. The van der Waals surface area contributed by atoms with E-state index < -0.39 is 0 Å². The summed E-state index contributed by atoms with van der Waals surface area (Å²) in [5.74, 6) is 6.07. The Morgan fingerprint density at radius 2 is 0.771 bits per heavy atom. The van der Waals surface area contributed by atoms with E-state index in [0.717, 1.165) is 63.2 Å². The molecule has 7 rings (SSSR count). The van der Waals surface area contributed by atoms with Crippen molar-refractivity contribution in [3.63, 3.8) is 0 Å². The van der Waals surface area contributed by atoms with E-state index >= 15 is 0 Å². The highest BCUT2D eigenvalue weighted by Crippen LogP contribution is 2.62. The first-order valence-electron chi connectivity index (χ1n) is 22.1. The summed E-state index contributed by atoms with van der Waals surface area (Å²) in [7, 11) is 0. The van der Waals surface area contributed by atoms with Crippen molar-refractivity contribution < 1.29 is 20.4 Å². The van der Waals surface area contributed by atoms with E-state index in [0.29, 0.717) is 52.8 Å². The van der Waals surface area contributed by atoms with Crippen LogP contribution >= 0.6 is 0 Å². The molecule has 7 aliphatic rings. The SMILES string of the molecule is OC1CCC(CC2CC(C3(C4CC(CC5CCC(O)CC5)C(O)C(C5CCCCC5)C4)CCCCC3)CC(C3CCCCC3)C2O)CC1. The van der Waals surface area contributed by atoms with Crippen LogP contribution in [0, 0.1) is 64.6 Å². The Balaban J connectivity index is 1.17. The Morgan fingerprint density at radius 3 is 1.17 bits per heavy atom. The van der Waals surface area contributed by atoms with E-state index in [9.17, 15) is 20.4 Å². The van der Waals surface area contributed by atoms with Crippen molar-refractivity contribution in [2.45, 2.75) is 211 Å². The highest BCUT2D eigenvalue weighted by molar-refractivity contribution is 5.05. The van der Waals surface area contributed by atoms with Gasteiger partial charge < -0.3 is 20.4 Å². The van der Waals surface area contributed by atoms with Crippen LogP contribution in [0.5, 0.6) is 0 Å². The molecule has 0 amide bonds. The van der Waals surface area contributed by atoms with Crippen molar-refractivity contribution in [1.29, 1.82) is 0 Å². The van der Waals surface area contributed by atoms with Gasteiger partial charge in [-0.3, -0.25) is 0 Å². The number of hydrogen-bond donors (Lipinski definition) is 4. The molecule has 8 atom stereocenters. The first-order chi connectivity index (χ1) is 23.4. The molecule has 0 saturated heterocycles. The Labute approximate surface area is 295 Å². The van der Waals surface area contributed by atoms with Crippen molar-refractivity contribution in [1.82, 2.24) is 0 Å². The molecule has 276 valence electrons. The molecule has 0 radical (unpaired) electrons. The first-order valence-corrected chi connectivity index (χ1v) is 22.1. The maximum Gasteiger partial charge on any atom is 0.0599 e. The van der Waals surface area contributed by atoms with Crippen LogP contribution in [-0.2, 0) is 0 Å². The molecule has 0 aromatic heterocycles. The number of rotatable bonds is 8. The molecule has 7 aliphatic carbocycles. The molecule has 0 heterocycles. The van der Waals surface area contributed by atoms with Crippen LogP contribution in [0.25, 0.3) is 0 Å². The van der Waals surface area contributed by atoms with Crippen LogP contribution in [0.1, 0.15) is 186 Å². The van der Waals surface area contributed by atoms with Gasteiger partial charge in [0.1, 0.15) is 0 Å². The summed E-state index contributed by atoms with van der Waals surface area (Å²) >= 11 is 0. The Morgan fingerprint density at radius 1 is 0.396 bits per heavy atom. The molecule has 0 spiro atoms. The standard InChI is InChI=1S/C44H76O4/c45-38-18-14-30(15-19-38)24-34-26-36(28-40(42(34)47)32-10-4-1-5-11-32)44(22-8-3-9-23-44)37-27-35(25-31-16-20-39(46)21-17-31)43(48)41(29-37)33-12-6-2-7-13-33/h30-43,45-48H,1-29H2. The van der Waals surface area contributed by atoms with Gasteiger partial charge in [-0.25, -0.2) is 0 Å². The van der Waals surface area contributed by atoms with Gasteiger partial charge in [-0.15, -0.1) is 0 Å². The third kappa shape index (κ3) is 8.23. The molecule has 48 heavy (non-hydrogen) atoms. The lowest BCUT2D eigenvalue weighted by Gasteiger charge is -2.58. The third-order valence-electron chi connectivity index (χ3n) is 17.0. The monoisotopic (exact) mass is 669 g/mol. The molecule has 0 aliphatic heterocycles. The maximum atomic E-state index is 12.3. The highest BCUT2D eigenvalue weighted by Gasteiger charge is 2.55. The van der Waals surface area contributed by atoms with Gasteiger partial charge in [0.2, 0.25) is 0 Å². The molecule has 0 aromatic carbocycles. The quantitative estimate of drug-likeness (QED) is 0.208. The molecule has 0 aromatic rings. The fraction of sp³-hybridized carbons (Fsp3) is 1.00. The van der Waals surface area contributed by atoms with Crippen LogP contribution < -0.4 is 0 Å². The van der Waals surface area contributed by atoms with Crippen molar-refractivity contribution in [2.75, 3.05) is 0 Å². The van der Waals surface area contributed by atoms with Crippen LogP contribution in [0.15, 0.2) is 0 Å². The topological polar surface area (TPSA) is 80.9 Å². The zero-order chi connectivity index (χ0) is 33.1. The third-order valence-corrected chi connectivity index (χ3v) is 17.0. The summed E-state index contributed by atoms with van der Waals surface area (Å²) in [6.07, 6.45) is 35.9. The van der Waals surface area contributed by atoms with Gasteiger partial charge in [0, 0.05) is 0 Å². The number of aliphatic hydroxyl groups excluding tert-OH is 4. The maximum absolute atomic E-state index is 12.3. The fourth-order valence-corrected chi connectivity index (χ4v) is 14.3. The van der Waals surface area contributed by atoms with Crippen LogP contribution in [0.4, 0.5) is 0 Å². The second kappa shape index (κ2) is 16.7. The molecule has 8 unspecified atom stereocenters. The highest BCUT2D eigenvalue weighted by atomic mass is 16.3. The van der Waals surface area contributed by atoms with Crippen LogP contribution in [0.3, 0.4) is 0 Å². The predicted octanol–water partition coefficient (Wildman–Crippen LogP) is 9.99. The molecule has 7 saturated carbocycles. The van der Waals surface area contributed by atoms with Gasteiger partial charge in [0.15, 0.2) is 0 Å². The van der Waals surface area contributed by atoms with Gasteiger partial charge in [0.25, 0.3) is 0 Å². The average Bonchev–Trinajstić information content (AvgIpc) is 3.13. The lowest BCUT2D eigenvalue weighted by molar-refractivity contribution is -0.128. The van der Waals surface area contributed by atoms with E-state index in [4.69, 9.17) is 0 Å². The van der Waals surface area contributed by atoms with Crippen LogP contribution in [-0.4, -0.2) is 44.8 Å². The van der Waals surface area contributed by atoms with Crippen molar-refractivity contribution in [3.05, 3.63) is 0 Å². The number of aliphatic hydroxyl groups is 4. The van der Waals surface area contributed by atoms with Gasteiger partial charge in [-0.2, -0.15) is 0 Å². The summed E-state index contributed by atoms with van der Waals surface area (Å²) in [6.45, 7) is 0. The fourth-order valence-electron chi connectivity index (χ4n) is 14.3. The number of hydrogen-bond acceptors (Lipinski definition) is 4. The van der Waals surface area contributed by atoms with Crippen molar-refractivity contribution >= 4 is 0 Å². The Kier molecular flexibility index (Phi) is 12.6. The van der Waals surface area contributed by atoms with Gasteiger partial charge in [-0.1, -0.05) is 83.5 Å². The zero-order valence-corrected chi connectivity index (χ0v) is 30.9. The smallest absolute Gasteiger partial charge is 0.0599 e. The summed E-state index contributed by atoms with van der Waals surface area (Å²) in [6, 6.07) is 0. The van der Waals surface area contributed by atoms with Gasteiger partial charge in [-0.05, 0) is 167 Å². The minimum atomic E-state index is -0.130. The summed E-state index contributed by atoms with van der Waals surface area (Å²) in [4.78, 5) is 0. The second-order valence-electron chi connectivity index (χ2n) is 19.6. The molecule has 4 heteroatoms. The Hall–Kier alpha value is -0.160. The minimum Gasteiger partial charge on any atom is -0.393 e. The van der Waals surface area contributed by atoms with Crippen molar-refractivity contribution in [2.24, 2.45) is 64.6 Å². The molecule has 0 bridgehead atoms. The lowest BCUT2D eigenvalue weighted by Crippen LogP contribution is -2.53. The van der Waals surface area contributed by atoms with E-state index in [1.165, 1.54) is 135 Å². The summed E-state index contributed by atoms with van der Waals surface area (Å²) < 4.78 is 0.